The van der Waals surface area contributed by atoms with Gasteiger partial charge in [0.2, 0.25) is 0 Å². The van der Waals surface area contributed by atoms with Crippen LogP contribution in [-0.2, 0) is 13.0 Å². The number of aryl methyl sites for hydroxylation is 4. The minimum atomic E-state index is 0.176. The molecule has 7 nitrogen and oxygen atoms in total. The van der Waals surface area contributed by atoms with Crippen molar-refractivity contribution in [3.63, 3.8) is 0 Å². The highest BCUT2D eigenvalue weighted by molar-refractivity contribution is 7.99. The predicted octanol–water partition coefficient (Wildman–Crippen LogP) is 4.27. The Labute approximate surface area is 185 Å². The van der Waals surface area contributed by atoms with Crippen molar-refractivity contribution >= 4 is 22.9 Å². The highest BCUT2D eigenvalue weighted by Gasteiger charge is 2.13. The van der Waals surface area contributed by atoms with E-state index in [-0.39, 0.29) is 5.49 Å². The smallest absolute Gasteiger partial charge is 0.173 e. The van der Waals surface area contributed by atoms with Gasteiger partial charge in [0, 0.05) is 6.54 Å². The fourth-order valence-corrected chi connectivity index (χ4v) is 4.53. The Hall–Kier alpha value is -3.26. The van der Waals surface area contributed by atoms with Crippen molar-refractivity contribution in [1.82, 2.24) is 19.5 Å². The molecule has 0 saturated heterocycles. The van der Waals surface area contributed by atoms with Gasteiger partial charge in [0.15, 0.2) is 16.3 Å². The van der Waals surface area contributed by atoms with Crippen molar-refractivity contribution in [3.8, 4) is 11.5 Å². The van der Waals surface area contributed by atoms with E-state index in [4.69, 9.17) is 19.9 Å². The monoisotopic (exact) mass is 435 g/mol. The lowest BCUT2D eigenvalue weighted by molar-refractivity contribution is 0.394. The largest absolute Gasteiger partial charge is 0.497 e. The summed E-state index contributed by atoms with van der Waals surface area (Å²) in [6.07, 6.45) is 2.55. The van der Waals surface area contributed by atoms with Crippen LogP contribution in [0.4, 0.5) is 0 Å². The zero-order valence-electron chi connectivity index (χ0n) is 18.0. The van der Waals surface area contributed by atoms with Crippen molar-refractivity contribution in [2.45, 2.75) is 36.9 Å². The van der Waals surface area contributed by atoms with E-state index in [9.17, 15) is 0 Å². The molecule has 0 radical (unpaired) electrons. The third kappa shape index (κ3) is 4.59. The molecule has 2 aromatic carbocycles. The van der Waals surface area contributed by atoms with E-state index < -0.39 is 0 Å². The molecule has 0 unspecified atom stereocenters. The van der Waals surface area contributed by atoms with Crippen LogP contribution in [0.1, 0.15) is 16.7 Å². The first kappa shape index (κ1) is 21.0. The van der Waals surface area contributed by atoms with E-state index in [1.807, 2.05) is 22.8 Å². The van der Waals surface area contributed by atoms with E-state index >= 15 is 0 Å². The Balaban J connectivity index is 1.65. The average Bonchev–Trinajstić information content (AvgIpc) is 3.17. The summed E-state index contributed by atoms with van der Waals surface area (Å²) in [7, 11) is 3.27. The summed E-state index contributed by atoms with van der Waals surface area (Å²) in [6.45, 7) is 4.95. The summed E-state index contributed by atoms with van der Waals surface area (Å²) < 4.78 is 12.8. The van der Waals surface area contributed by atoms with E-state index in [0.29, 0.717) is 16.3 Å². The molecule has 0 bridgehead atoms. The maximum absolute atomic E-state index is 8.20. The van der Waals surface area contributed by atoms with Gasteiger partial charge in [0.1, 0.15) is 17.0 Å². The normalized spacial score (nSPS) is 11.1. The molecule has 0 aliphatic carbocycles. The zero-order valence-corrected chi connectivity index (χ0v) is 18.8. The first-order valence-electron chi connectivity index (χ1n) is 9.93. The van der Waals surface area contributed by atoms with Crippen LogP contribution in [-0.4, -0.2) is 33.7 Å². The molecule has 0 atom stereocenters. The summed E-state index contributed by atoms with van der Waals surface area (Å²) in [5, 5.41) is 8.87. The maximum atomic E-state index is 8.20. The van der Waals surface area contributed by atoms with E-state index in [1.54, 1.807) is 20.5 Å². The molecule has 0 spiro atoms. The van der Waals surface area contributed by atoms with Crippen molar-refractivity contribution in [2.24, 2.45) is 0 Å². The zero-order chi connectivity index (χ0) is 22.0. The van der Waals surface area contributed by atoms with E-state index in [1.165, 1.54) is 28.5 Å². The van der Waals surface area contributed by atoms with Crippen LogP contribution in [0.2, 0.25) is 0 Å². The molecular formula is C23H25N5O2S. The number of aromatic nitrogens is 4. The lowest BCUT2D eigenvalue weighted by Crippen LogP contribution is -2.13. The van der Waals surface area contributed by atoms with Gasteiger partial charge in [-0.1, -0.05) is 29.3 Å². The number of rotatable bonds is 7. The fourth-order valence-electron chi connectivity index (χ4n) is 3.61. The molecule has 0 aliphatic heterocycles. The Kier molecular flexibility index (Phi) is 5.99. The van der Waals surface area contributed by atoms with Gasteiger partial charge in [0.05, 0.1) is 25.4 Å². The number of hydrogen-bond donors (Lipinski definition) is 2. The molecule has 0 aliphatic rings. The summed E-state index contributed by atoms with van der Waals surface area (Å²) >= 11 is 1.43. The van der Waals surface area contributed by atoms with Crippen LogP contribution in [0, 0.1) is 19.3 Å². The number of ether oxygens (including phenoxy) is 2. The van der Waals surface area contributed by atoms with Crippen LogP contribution in [0.15, 0.2) is 52.8 Å². The van der Waals surface area contributed by atoms with Crippen molar-refractivity contribution < 1.29 is 9.47 Å². The van der Waals surface area contributed by atoms with Crippen molar-refractivity contribution in [1.29, 1.82) is 5.41 Å². The van der Waals surface area contributed by atoms with Crippen LogP contribution in [0.5, 0.6) is 11.5 Å². The lowest BCUT2D eigenvalue weighted by atomic mass is 10.1. The predicted molar refractivity (Wildman–Crippen MR) is 121 cm³/mol. The SMILES string of the molecule is COc1ccc(OC)c(Sc2nc3c([nH]2)c(=N)ncn3CCc2cc(C)cc(C)c2)c1. The summed E-state index contributed by atoms with van der Waals surface area (Å²) in [5.74, 6) is 1.48. The first-order valence-corrected chi connectivity index (χ1v) is 10.8. The minimum Gasteiger partial charge on any atom is -0.497 e. The highest BCUT2D eigenvalue weighted by Crippen LogP contribution is 2.36. The van der Waals surface area contributed by atoms with Gasteiger partial charge >= 0.3 is 0 Å². The fraction of sp³-hybridized carbons (Fsp3) is 0.261. The van der Waals surface area contributed by atoms with Gasteiger partial charge in [-0.2, -0.15) is 0 Å². The molecule has 8 heteroatoms. The van der Waals surface area contributed by atoms with Crippen LogP contribution in [0.25, 0.3) is 11.2 Å². The maximum Gasteiger partial charge on any atom is 0.173 e. The first-order chi connectivity index (χ1) is 15.0. The molecule has 4 rings (SSSR count). The summed E-state index contributed by atoms with van der Waals surface area (Å²) in [4.78, 5) is 13.1. The molecule has 160 valence electrons. The Morgan fingerprint density at radius 3 is 2.55 bits per heavy atom. The number of fused-ring (bicyclic) bond motifs is 1. The Morgan fingerprint density at radius 1 is 1.06 bits per heavy atom. The quantitative estimate of drug-likeness (QED) is 0.453. The molecule has 2 heterocycles. The van der Waals surface area contributed by atoms with Gasteiger partial charge in [-0.25, -0.2) is 9.97 Å². The summed E-state index contributed by atoms with van der Waals surface area (Å²) in [5.41, 5.74) is 5.31. The topological polar surface area (TPSA) is 88.8 Å². The number of aromatic amines is 1. The number of imidazole rings is 1. The number of benzene rings is 2. The van der Waals surface area contributed by atoms with Gasteiger partial charge in [-0.05, 0) is 55.8 Å². The number of nitrogens with one attached hydrogen (secondary N) is 2. The number of nitrogens with zero attached hydrogens (tertiary/aromatic N) is 3. The third-order valence-electron chi connectivity index (χ3n) is 5.00. The minimum absolute atomic E-state index is 0.176. The molecule has 0 fully saturated rings. The second-order valence-electron chi connectivity index (χ2n) is 7.39. The second kappa shape index (κ2) is 8.85. The lowest BCUT2D eigenvalue weighted by Gasteiger charge is -2.09. The molecule has 4 aromatic rings. The van der Waals surface area contributed by atoms with Crippen molar-refractivity contribution in [3.05, 3.63) is 64.9 Å². The average molecular weight is 436 g/mol. The third-order valence-corrected chi connectivity index (χ3v) is 5.92. The van der Waals surface area contributed by atoms with Crippen LogP contribution < -0.4 is 15.0 Å². The number of H-pyrrole nitrogens is 1. The van der Waals surface area contributed by atoms with E-state index in [2.05, 4.69) is 42.0 Å². The van der Waals surface area contributed by atoms with E-state index in [0.717, 1.165) is 29.4 Å². The van der Waals surface area contributed by atoms with Crippen LogP contribution in [0.3, 0.4) is 0 Å². The standard InChI is InChI=1S/C23H25N5O2S/c1-14-9-15(2)11-16(10-14)7-8-28-13-25-21(24)20-22(28)27-23(26-20)31-19-12-17(29-3)5-6-18(19)30-4/h5-6,9-13,24H,7-8H2,1-4H3,(H,26,27). The Bertz CT molecular complexity index is 1270. The highest BCUT2D eigenvalue weighted by atomic mass is 32.2. The van der Waals surface area contributed by atoms with Crippen LogP contribution >= 0.6 is 11.8 Å². The number of methoxy groups -OCH3 is 2. The molecule has 31 heavy (non-hydrogen) atoms. The van der Waals surface area contributed by atoms with Gasteiger partial charge in [-0.15, -0.1) is 0 Å². The molecule has 2 aromatic heterocycles. The molecular weight excluding hydrogens is 410 g/mol. The van der Waals surface area contributed by atoms with Crippen molar-refractivity contribution in [2.75, 3.05) is 14.2 Å². The van der Waals surface area contributed by atoms with Gasteiger partial charge in [0.25, 0.3) is 0 Å². The molecule has 0 amide bonds. The molecule has 0 saturated carbocycles. The number of hydrogen-bond acceptors (Lipinski definition) is 6. The van der Waals surface area contributed by atoms with Gasteiger partial charge in [-0.3, -0.25) is 5.41 Å². The molecule has 2 N–H and O–H groups in total. The van der Waals surface area contributed by atoms with Gasteiger partial charge < -0.3 is 19.0 Å². The second-order valence-corrected chi connectivity index (χ2v) is 8.42. The Morgan fingerprint density at radius 2 is 1.84 bits per heavy atom. The summed E-state index contributed by atoms with van der Waals surface area (Å²) in [6, 6.07) is 12.2.